The lowest BCUT2D eigenvalue weighted by molar-refractivity contribution is 0.225. The molecule has 1 aromatic rings. The normalized spacial score (nSPS) is 9.77. The molecule has 0 N–H and O–H groups in total. The largest absolute Gasteiger partial charge is 0.414 e. The Morgan fingerprint density at radius 2 is 2.15 bits per heavy atom. The van der Waals surface area contributed by atoms with E-state index in [1.165, 1.54) is 0 Å². The van der Waals surface area contributed by atoms with Gasteiger partial charge in [0.15, 0.2) is 0 Å². The third kappa shape index (κ3) is 3.07. The molecule has 0 bridgehead atoms. The molecule has 0 aromatic heterocycles. The van der Waals surface area contributed by atoms with Crippen LogP contribution in [0.1, 0.15) is 5.56 Å². The van der Waals surface area contributed by atoms with Crippen molar-refractivity contribution < 1.29 is 9.53 Å². The van der Waals surface area contributed by atoms with Crippen LogP contribution in [0, 0.1) is 0 Å². The number of benzene rings is 1. The third-order valence-corrected chi connectivity index (χ3v) is 1.96. The molecule has 2 nitrogen and oxygen atoms in total. The lowest BCUT2D eigenvalue weighted by atomic mass is 10.2. The molecule has 1 aromatic carbocycles. The number of carbonyl (C=O) groups excluding carboxylic acids is 1. The van der Waals surface area contributed by atoms with Gasteiger partial charge in [-0.2, -0.15) is 0 Å². The smallest absolute Gasteiger partial charge is 0.409 e. The van der Waals surface area contributed by atoms with Crippen molar-refractivity contribution >= 4 is 40.2 Å². The lowest BCUT2D eigenvalue weighted by Crippen LogP contribution is -1.98. The first-order chi connectivity index (χ1) is 6.13. The molecule has 0 atom stereocenters. The summed E-state index contributed by atoms with van der Waals surface area (Å²) in [4.78, 5) is 10.4. The van der Waals surface area contributed by atoms with Crippen molar-refractivity contribution in [1.82, 2.24) is 0 Å². The molecule has 0 unspecified atom stereocenters. The minimum absolute atomic E-state index is 0.208. The molecular formula is C8H5Cl3O2. The fourth-order valence-corrected chi connectivity index (χ4v) is 1.33. The zero-order chi connectivity index (χ0) is 9.84. The van der Waals surface area contributed by atoms with Gasteiger partial charge in [0.2, 0.25) is 0 Å². The highest BCUT2D eigenvalue weighted by atomic mass is 35.5. The van der Waals surface area contributed by atoms with Gasteiger partial charge in [0.05, 0.1) is 5.88 Å². The molecule has 0 amide bonds. The van der Waals surface area contributed by atoms with Crippen LogP contribution in [-0.2, 0) is 5.88 Å². The maximum Gasteiger partial charge on any atom is 0.409 e. The Bertz CT molecular complexity index is 325. The number of hydrogen-bond donors (Lipinski definition) is 0. The number of ether oxygens (including phenoxy) is 1. The summed E-state index contributed by atoms with van der Waals surface area (Å²) in [7, 11) is 0. The van der Waals surface area contributed by atoms with Crippen molar-refractivity contribution in [3.05, 3.63) is 28.8 Å². The molecule has 0 spiro atoms. The molecular weight excluding hydrogens is 234 g/mol. The van der Waals surface area contributed by atoms with Gasteiger partial charge in [-0.25, -0.2) is 4.79 Å². The summed E-state index contributed by atoms with van der Waals surface area (Å²) in [6, 6.07) is 4.75. The minimum atomic E-state index is -0.895. The van der Waals surface area contributed by atoms with Gasteiger partial charge in [0, 0.05) is 22.2 Å². The molecule has 0 aliphatic heterocycles. The topological polar surface area (TPSA) is 26.3 Å². The molecule has 0 aliphatic carbocycles. The first-order valence-corrected chi connectivity index (χ1v) is 4.64. The number of hydrogen-bond acceptors (Lipinski definition) is 2. The van der Waals surface area contributed by atoms with Crippen molar-refractivity contribution in [2.45, 2.75) is 5.88 Å². The van der Waals surface area contributed by atoms with E-state index < -0.39 is 5.43 Å². The summed E-state index contributed by atoms with van der Waals surface area (Å²) < 4.78 is 4.67. The molecule has 70 valence electrons. The molecule has 0 aliphatic rings. The van der Waals surface area contributed by atoms with E-state index in [-0.39, 0.29) is 5.88 Å². The molecule has 1 rings (SSSR count). The van der Waals surface area contributed by atoms with E-state index in [2.05, 4.69) is 4.74 Å². The van der Waals surface area contributed by atoms with Gasteiger partial charge in [-0.3, -0.25) is 0 Å². The SMILES string of the molecule is O=C(Cl)Oc1ccc(Cl)cc1CCl. The molecule has 13 heavy (non-hydrogen) atoms. The third-order valence-electron chi connectivity index (χ3n) is 1.36. The Hall–Kier alpha value is -0.440. The van der Waals surface area contributed by atoms with Gasteiger partial charge in [-0.05, 0) is 18.2 Å². The number of carbonyl (C=O) groups is 1. The number of rotatable bonds is 2. The van der Waals surface area contributed by atoms with Gasteiger partial charge in [-0.1, -0.05) is 11.6 Å². The van der Waals surface area contributed by atoms with E-state index in [9.17, 15) is 4.79 Å². The zero-order valence-electron chi connectivity index (χ0n) is 6.39. The molecule has 0 heterocycles. The van der Waals surface area contributed by atoms with Gasteiger partial charge in [0.1, 0.15) is 5.75 Å². The Morgan fingerprint density at radius 1 is 1.46 bits per heavy atom. The lowest BCUT2D eigenvalue weighted by Gasteiger charge is -2.05. The van der Waals surface area contributed by atoms with Crippen LogP contribution < -0.4 is 4.74 Å². The van der Waals surface area contributed by atoms with Crippen molar-refractivity contribution in [3.8, 4) is 5.75 Å². The first kappa shape index (κ1) is 10.6. The molecule has 0 saturated carbocycles. The summed E-state index contributed by atoms with van der Waals surface area (Å²) >= 11 is 16.3. The van der Waals surface area contributed by atoms with Gasteiger partial charge in [-0.15, -0.1) is 11.6 Å². The highest BCUT2D eigenvalue weighted by Gasteiger charge is 2.06. The van der Waals surface area contributed by atoms with E-state index in [1.54, 1.807) is 18.2 Å². The quantitative estimate of drug-likeness (QED) is 0.579. The summed E-state index contributed by atoms with van der Waals surface area (Å²) in [5, 5.41) is 0.532. The van der Waals surface area contributed by atoms with Crippen LogP contribution in [0.5, 0.6) is 5.75 Å². The summed E-state index contributed by atoms with van der Waals surface area (Å²) in [5.41, 5.74) is -0.267. The summed E-state index contributed by atoms with van der Waals surface area (Å²) in [6.07, 6.45) is 0. The van der Waals surface area contributed by atoms with Crippen LogP contribution in [0.2, 0.25) is 5.02 Å². The van der Waals surface area contributed by atoms with E-state index in [1.807, 2.05) is 0 Å². The van der Waals surface area contributed by atoms with Crippen LogP contribution in [0.25, 0.3) is 0 Å². The highest BCUT2D eigenvalue weighted by molar-refractivity contribution is 6.61. The van der Waals surface area contributed by atoms with Gasteiger partial charge < -0.3 is 4.74 Å². The second-order valence-corrected chi connectivity index (χ2v) is 3.24. The average molecular weight is 239 g/mol. The second-order valence-electron chi connectivity index (χ2n) is 2.23. The Balaban J connectivity index is 2.99. The van der Waals surface area contributed by atoms with Crippen molar-refractivity contribution in [1.29, 1.82) is 0 Å². The van der Waals surface area contributed by atoms with E-state index in [0.717, 1.165) is 0 Å². The Morgan fingerprint density at radius 3 is 2.69 bits per heavy atom. The van der Waals surface area contributed by atoms with Crippen molar-refractivity contribution in [2.75, 3.05) is 0 Å². The second kappa shape index (κ2) is 4.70. The Labute approximate surface area is 90.3 Å². The van der Waals surface area contributed by atoms with Crippen LogP contribution in [0.3, 0.4) is 0 Å². The maximum atomic E-state index is 10.4. The van der Waals surface area contributed by atoms with Gasteiger partial charge >= 0.3 is 5.43 Å². The summed E-state index contributed by atoms with van der Waals surface area (Å²) in [6.45, 7) is 0. The van der Waals surface area contributed by atoms with E-state index in [0.29, 0.717) is 16.3 Å². The van der Waals surface area contributed by atoms with Gasteiger partial charge in [0.25, 0.3) is 0 Å². The fraction of sp³-hybridized carbons (Fsp3) is 0.125. The molecule has 0 fully saturated rings. The predicted octanol–water partition coefficient (Wildman–Crippen LogP) is 3.82. The van der Waals surface area contributed by atoms with Crippen molar-refractivity contribution in [3.63, 3.8) is 0 Å². The average Bonchev–Trinajstić information content (AvgIpc) is 2.07. The number of alkyl halides is 1. The molecule has 0 saturated heterocycles. The maximum absolute atomic E-state index is 10.4. The fourth-order valence-electron chi connectivity index (χ4n) is 0.838. The van der Waals surface area contributed by atoms with E-state index >= 15 is 0 Å². The standard InChI is InChI=1S/C8H5Cl3O2/c9-4-5-3-6(10)1-2-7(5)13-8(11)12/h1-3H,4H2. The van der Waals surface area contributed by atoms with Crippen LogP contribution >= 0.6 is 34.8 Å². The minimum Gasteiger partial charge on any atom is -0.414 e. The van der Waals surface area contributed by atoms with Crippen LogP contribution in [-0.4, -0.2) is 5.43 Å². The predicted molar refractivity (Wildman–Crippen MR) is 52.9 cm³/mol. The van der Waals surface area contributed by atoms with Crippen molar-refractivity contribution in [2.24, 2.45) is 0 Å². The van der Waals surface area contributed by atoms with Crippen LogP contribution in [0.15, 0.2) is 18.2 Å². The monoisotopic (exact) mass is 238 g/mol. The summed E-state index contributed by atoms with van der Waals surface area (Å²) in [5.74, 6) is 0.541. The highest BCUT2D eigenvalue weighted by Crippen LogP contribution is 2.24. The first-order valence-electron chi connectivity index (χ1n) is 3.35. The molecule has 5 heteroatoms. The number of halogens is 3. The van der Waals surface area contributed by atoms with Crippen LogP contribution in [0.4, 0.5) is 4.79 Å². The molecule has 0 radical (unpaired) electrons. The zero-order valence-corrected chi connectivity index (χ0v) is 8.66. The Kier molecular flexibility index (Phi) is 3.85. The van der Waals surface area contributed by atoms with E-state index in [4.69, 9.17) is 34.8 Å².